The maximum atomic E-state index is 9.69. The van der Waals surface area contributed by atoms with Gasteiger partial charge in [-0.1, -0.05) is 0 Å². The smallest absolute Gasteiger partial charge is 0.152 e. The molecule has 0 saturated heterocycles. The Balaban J connectivity index is -0.000000605. The molecule has 90 valence electrons. The lowest BCUT2D eigenvalue weighted by Gasteiger charge is -2.31. The summed E-state index contributed by atoms with van der Waals surface area (Å²) in [5.41, 5.74) is 0. The van der Waals surface area contributed by atoms with E-state index in [1.54, 1.807) is 0 Å². The van der Waals surface area contributed by atoms with E-state index in [0.717, 1.165) is 22.1 Å². The first kappa shape index (κ1) is 20.7. The van der Waals surface area contributed by atoms with Gasteiger partial charge in [0.2, 0.25) is 0 Å². The number of quaternary nitrogens is 2. The molecule has 5 heteroatoms. The van der Waals surface area contributed by atoms with Gasteiger partial charge in [0.05, 0.1) is 42.3 Å². The molecule has 0 aromatic heterocycles. The topological polar surface area (TPSA) is 20.2 Å². The van der Waals surface area contributed by atoms with Crippen LogP contribution in [0.15, 0.2) is 0 Å². The van der Waals surface area contributed by atoms with Crippen LogP contribution in [0.4, 0.5) is 0 Å². The molecule has 0 spiro atoms. The van der Waals surface area contributed by atoms with E-state index in [1.807, 2.05) is 0 Å². The molecule has 0 saturated carbocycles. The summed E-state index contributed by atoms with van der Waals surface area (Å²) in [5.74, 6) is 0. The third-order valence-electron chi connectivity index (χ3n) is 1.52. The number of rotatable bonds is 4. The van der Waals surface area contributed by atoms with E-state index in [-0.39, 0.29) is 54.1 Å². The molecule has 0 amide bonds. The van der Waals surface area contributed by atoms with Crippen LogP contribution in [-0.4, -0.2) is 75.6 Å². The van der Waals surface area contributed by atoms with Gasteiger partial charge in [0, 0.05) is 0 Å². The number of likely N-dealkylation sites (N-methyl/N-ethyl adjacent to an activating group) is 2. The van der Waals surface area contributed by atoms with Crippen molar-refractivity contribution in [1.29, 1.82) is 0 Å². The van der Waals surface area contributed by atoms with Crippen molar-refractivity contribution >= 4 is 48.0 Å². The van der Waals surface area contributed by atoms with Crippen molar-refractivity contribution in [1.82, 2.24) is 0 Å². The van der Waals surface area contributed by atoms with E-state index in [0.29, 0.717) is 0 Å². The molecule has 0 aromatic rings. The molecule has 0 radical (unpaired) electrons. The number of halogens is 2. The molecular formula is C9H26I2N2O+2. The Morgan fingerprint density at radius 3 is 1.14 bits per heavy atom. The van der Waals surface area contributed by atoms with E-state index in [9.17, 15) is 5.11 Å². The largest absolute Gasteiger partial charge is 0.382 e. The third-order valence-corrected chi connectivity index (χ3v) is 1.52. The maximum Gasteiger partial charge on any atom is 0.152 e. The van der Waals surface area contributed by atoms with Crippen LogP contribution in [0.25, 0.3) is 0 Å². The average Bonchev–Trinajstić information content (AvgIpc) is 1.49. The molecular weight excluding hydrogens is 406 g/mol. The van der Waals surface area contributed by atoms with E-state index in [2.05, 4.69) is 42.3 Å². The number of aliphatic hydroxyl groups is 1. The van der Waals surface area contributed by atoms with Gasteiger partial charge < -0.3 is 14.1 Å². The second-order valence-electron chi connectivity index (χ2n) is 5.60. The predicted molar refractivity (Wildman–Crippen MR) is 82.6 cm³/mol. The molecule has 0 fully saturated rings. The zero-order valence-corrected chi connectivity index (χ0v) is 14.8. The predicted octanol–water partition coefficient (Wildman–Crippen LogP) is 0.996. The summed E-state index contributed by atoms with van der Waals surface area (Å²) < 4.78 is 1.64. The van der Waals surface area contributed by atoms with Gasteiger partial charge in [-0.3, -0.25) is 0 Å². The summed E-state index contributed by atoms with van der Waals surface area (Å²) in [6.07, 6.45) is -0.204. The lowest BCUT2D eigenvalue weighted by Crippen LogP contribution is -2.49. The molecule has 0 aliphatic carbocycles. The highest BCUT2D eigenvalue weighted by atomic mass is 127. The quantitative estimate of drug-likeness (QED) is 0.520. The number of nitrogens with zero attached hydrogens (tertiary/aromatic N) is 2. The zero-order valence-electron chi connectivity index (χ0n) is 10.1. The monoisotopic (exact) mass is 432 g/mol. The van der Waals surface area contributed by atoms with Crippen molar-refractivity contribution in [2.75, 3.05) is 55.4 Å². The second kappa shape index (κ2) is 7.59. The highest BCUT2D eigenvalue weighted by Gasteiger charge is 2.21. The molecule has 0 atom stereocenters. The van der Waals surface area contributed by atoms with Crippen LogP contribution < -0.4 is 0 Å². The minimum absolute atomic E-state index is 0. The Morgan fingerprint density at radius 2 is 1.00 bits per heavy atom. The summed E-state index contributed by atoms with van der Waals surface area (Å²) in [5, 5.41) is 9.69. The summed E-state index contributed by atoms with van der Waals surface area (Å²) in [4.78, 5) is 0. The van der Waals surface area contributed by atoms with Gasteiger partial charge in [0.25, 0.3) is 0 Å². The highest BCUT2D eigenvalue weighted by molar-refractivity contribution is 14.0. The molecule has 0 heterocycles. The molecule has 3 nitrogen and oxygen atoms in total. The van der Waals surface area contributed by atoms with Crippen molar-refractivity contribution in [3.8, 4) is 0 Å². The van der Waals surface area contributed by atoms with Crippen LogP contribution in [0.3, 0.4) is 0 Å². The molecule has 0 bridgehead atoms. The van der Waals surface area contributed by atoms with Crippen LogP contribution in [0.5, 0.6) is 0 Å². The van der Waals surface area contributed by atoms with E-state index >= 15 is 0 Å². The Hall–Kier alpha value is 1.34. The third kappa shape index (κ3) is 15.8. The summed E-state index contributed by atoms with van der Waals surface area (Å²) >= 11 is 0. The SMILES string of the molecule is C[N+](C)(C)CC(O)C[N+](C)(C)C.I.I. The average molecular weight is 432 g/mol. The standard InChI is InChI=1S/C9H24N2O.2HI/c1-10(2,3)7-9(12)8-11(4,5)6;;/h9,12H,7-8H2,1-6H3;2*1H/q+2;;. The van der Waals surface area contributed by atoms with Crippen LogP contribution >= 0.6 is 48.0 Å². The summed E-state index contributed by atoms with van der Waals surface area (Å²) in [6.45, 7) is 1.63. The van der Waals surface area contributed by atoms with E-state index in [1.165, 1.54) is 0 Å². The van der Waals surface area contributed by atoms with Crippen molar-refractivity contribution in [2.24, 2.45) is 0 Å². The molecule has 0 aliphatic rings. The lowest BCUT2D eigenvalue weighted by molar-refractivity contribution is -0.895. The molecule has 14 heavy (non-hydrogen) atoms. The maximum absolute atomic E-state index is 9.69. The van der Waals surface area contributed by atoms with Crippen molar-refractivity contribution in [2.45, 2.75) is 6.10 Å². The van der Waals surface area contributed by atoms with Gasteiger partial charge in [0.15, 0.2) is 6.10 Å². The first-order chi connectivity index (χ1) is 5.10. The first-order valence-corrected chi connectivity index (χ1v) is 4.39. The Kier molecular flexibility index (Phi) is 11.2. The van der Waals surface area contributed by atoms with Gasteiger partial charge in [-0.15, -0.1) is 48.0 Å². The van der Waals surface area contributed by atoms with Crippen LogP contribution in [0, 0.1) is 0 Å². The Bertz CT molecular complexity index is 125. The van der Waals surface area contributed by atoms with E-state index < -0.39 is 0 Å². The van der Waals surface area contributed by atoms with Gasteiger partial charge >= 0.3 is 0 Å². The molecule has 0 aliphatic heterocycles. The Morgan fingerprint density at radius 1 is 0.786 bits per heavy atom. The fourth-order valence-electron chi connectivity index (χ4n) is 1.32. The molecule has 0 rings (SSSR count). The van der Waals surface area contributed by atoms with Gasteiger partial charge in [-0.05, 0) is 0 Å². The summed E-state index contributed by atoms with van der Waals surface area (Å²) in [7, 11) is 12.6. The van der Waals surface area contributed by atoms with E-state index in [4.69, 9.17) is 0 Å². The number of hydrogen-bond donors (Lipinski definition) is 1. The second-order valence-corrected chi connectivity index (χ2v) is 5.60. The van der Waals surface area contributed by atoms with Crippen molar-refractivity contribution < 1.29 is 14.1 Å². The Labute approximate surface area is 123 Å². The van der Waals surface area contributed by atoms with Gasteiger partial charge in [-0.25, -0.2) is 0 Å². The van der Waals surface area contributed by atoms with Crippen LogP contribution in [-0.2, 0) is 0 Å². The minimum atomic E-state index is -0.204. The van der Waals surface area contributed by atoms with Gasteiger partial charge in [0.1, 0.15) is 13.1 Å². The molecule has 0 aromatic carbocycles. The summed E-state index contributed by atoms with van der Waals surface area (Å²) in [6, 6.07) is 0. The van der Waals surface area contributed by atoms with Crippen molar-refractivity contribution in [3.05, 3.63) is 0 Å². The number of aliphatic hydroxyl groups excluding tert-OH is 1. The highest BCUT2D eigenvalue weighted by Crippen LogP contribution is 1.99. The van der Waals surface area contributed by atoms with Crippen molar-refractivity contribution in [3.63, 3.8) is 0 Å². The molecule has 1 N–H and O–H groups in total. The lowest BCUT2D eigenvalue weighted by atomic mass is 10.3. The zero-order chi connectivity index (χ0) is 9.99. The molecule has 0 unspecified atom stereocenters. The minimum Gasteiger partial charge on any atom is -0.382 e. The fourth-order valence-corrected chi connectivity index (χ4v) is 1.32. The number of hydrogen-bond acceptors (Lipinski definition) is 1. The fraction of sp³-hybridized carbons (Fsp3) is 1.00. The van der Waals surface area contributed by atoms with Crippen LogP contribution in [0.1, 0.15) is 0 Å². The first-order valence-electron chi connectivity index (χ1n) is 4.39. The normalized spacial score (nSPS) is 12.0. The van der Waals surface area contributed by atoms with Crippen LogP contribution in [0.2, 0.25) is 0 Å². The van der Waals surface area contributed by atoms with Gasteiger partial charge in [-0.2, -0.15) is 0 Å².